The van der Waals surface area contributed by atoms with Gasteiger partial charge in [-0.25, -0.2) is 8.42 Å². The molecule has 0 saturated carbocycles. The predicted octanol–water partition coefficient (Wildman–Crippen LogP) is 2.23. The van der Waals surface area contributed by atoms with E-state index in [0.29, 0.717) is 30.2 Å². The van der Waals surface area contributed by atoms with Gasteiger partial charge in [-0.2, -0.15) is 0 Å². The first kappa shape index (κ1) is 23.6. The monoisotopic (exact) mass is 428 g/mol. The van der Waals surface area contributed by atoms with Gasteiger partial charge in [0.25, 0.3) is 0 Å². The van der Waals surface area contributed by atoms with Gasteiger partial charge in [-0.15, -0.1) is 12.4 Å². The molecule has 0 aliphatic rings. The van der Waals surface area contributed by atoms with Crippen molar-refractivity contribution < 1.29 is 22.7 Å². The molecule has 0 aliphatic carbocycles. The van der Waals surface area contributed by atoms with E-state index in [9.17, 15) is 13.2 Å². The molecule has 2 rings (SSSR count). The van der Waals surface area contributed by atoms with Crippen LogP contribution >= 0.6 is 12.4 Å². The Kier molecular flexibility index (Phi) is 9.08. The summed E-state index contributed by atoms with van der Waals surface area (Å²) in [6, 6.07) is 11.7. The van der Waals surface area contributed by atoms with E-state index in [4.69, 9.17) is 15.2 Å². The van der Waals surface area contributed by atoms with E-state index in [1.807, 2.05) is 12.1 Å². The molecule has 0 fully saturated rings. The third-order valence-electron chi connectivity index (χ3n) is 4.03. The van der Waals surface area contributed by atoms with Gasteiger partial charge in [0.2, 0.25) is 5.91 Å². The Labute approximate surface area is 171 Å². The number of ether oxygens (including phenoxy) is 2. The molecule has 7 nitrogen and oxygen atoms in total. The Morgan fingerprint density at radius 1 is 1.04 bits per heavy atom. The lowest BCUT2D eigenvalue weighted by Crippen LogP contribution is -2.27. The number of methoxy groups -OCH3 is 2. The molecule has 0 aromatic heterocycles. The summed E-state index contributed by atoms with van der Waals surface area (Å²) >= 11 is 0. The van der Waals surface area contributed by atoms with E-state index in [0.717, 1.165) is 5.56 Å². The van der Waals surface area contributed by atoms with Crippen LogP contribution in [0, 0.1) is 0 Å². The first-order chi connectivity index (χ1) is 12.9. The highest BCUT2D eigenvalue weighted by molar-refractivity contribution is 7.91. The molecule has 0 bridgehead atoms. The van der Waals surface area contributed by atoms with Gasteiger partial charge in [-0.3, -0.25) is 4.79 Å². The van der Waals surface area contributed by atoms with Crippen molar-refractivity contribution in [2.24, 2.45) is 0 Å². The fourth-order valence-corrected chi connectivity index (χ4v) is 3.73. The Balaban J connectivity index is 0.00000392. The van der Waals surface area contributed by atoms with Gasteiger partial charge < -0.3 is 20.5 Å². The van der Waals surface area contributed by atoms with Crippen molar-refractivity contribution >= 4 is 33.8 Å². The van der Waals surface area contributed by atoms with Crippen molar-refractivity contribution in [3.8, 4) is 11.5 Å². The van der Waals surface area contributed by atoms with Crippen LogP contribution in [-0.4, -0.2) is 40.8 Å². The Morgan fingerprint density at radius 2 is 1.68 bits per heavy atom. The summed E-state index contributed by atoms with van der Waals surface area (Å²) in [5.74, 6) is 0.175. The molecular weight excluding hydrogens is 404 g/mol. The van der Waals surface area contributed by atoms with Crippen LogP contribution in [0.5, 0.6) is 11.5 Å². The molecule has 0 atom stereocenters. The topological polar surface area (TPSA) is 108 Å². The van der Waals surface area contributed by atoms with Crippen LogP contribution in [0.2, 0.25) is 0 Å². The zero-order valence-corrected chi connectivity index (χ0v) is 17.4. The molecule has 0 heterocycles. The average molecular weight is 429 g/mol. The van der Waals surface area contributed by atoms with E-state index < -0.39 is 9.84 Å². The zero-order valence-electron chi connectivity index (χ0n) is 15.8. The van der Waals surface area contributed by atoms with Crippen LogP contribution in [0.1, 0.15) is 12.0 Å². The van der Waals surface area contributed by atoms with Gasteiger partial charge in [0.1, 0.15) is 0 Å². The summed E-state index contributed by atoms with van der Waals surface area (Å²) in [7, 11) is -0.699. The summed E-state index contributed by atoms with van der Waals surface area (Å²) < 4.78 is 35.1. The van der Waals surface area contributed by atoms with E-state index in [1.54, 1.807) is 12.1 Å². The fourth-order valence-electron chi connectivity index (χ4n) is 2.47. The molecule has 2 aromatic carbocycles. The third kappa shape index (κ3) is 6.61. The van der Waals surface area contributed by atoms with E-state index in [1.165, 1.54) is 32.4 Å². The summed E-state index contributed by atoms with van der Waals surface area (Å²) in [4.78, 5) is 12.0. The maximum Gasteiger partial charge on any atom is 0.221 e. The van der Waals surface area contributed by atoms with E-state index in [2.05, 4.69) is 5.32 Å². The lowest BCUT2D eigenvalue weighted by molar-refractivity contribution is -0.120. The number of halogens is 1. The maximum absolute atomic E-state index is 12.4. The number of nitrogens with one attached hydrogen (secondary N) is 1. The lowest BCUT2D eigenvalue weighted by Gasteiger charge is -2.10. The summed E-state index contributed by atoms with van der Waals surface area (Å²) in [5.41, 5.74) is 7.35. The standard InChI is InChI=1S/C19H24N2O5S.ClH/c1-25-17-8-7-16(13-18(17)26-2)27(23,24)12-10-19(22)21-11-9-14-3-5-15(20)6-4-14;/h3-8,13H,9-12,20H2,1-2H3,(H,21,22);1H. The molecule has 154 valence electrons. The van der Waals surface area contributed by atoms with E-state index in [-0.39, 0.29) is 35.4 Å². The quantitative estimate of drug-likeness (QED) is 0.593. The van der Waals surface area contributed by atoms with Gasteiger partial charge >= 0.3 is 0 Å². The van der Waals surface area contributed by atoms with Crippen LogP contribution in [0.4, 0.5) is 5.69 Å². The van der Waals surface area contributed by atoms with Gasteiger partial charge in [-0.1, -0.05) is 12.1 Å². The molecule has 0 spiro atoms. The second kappa shape index (κ2) is 10.8. The van der Waals surface area contributed by atoms with Gasteiger partial charge in [0, 0.05) is 24.7 Å². The molecule has 3 N–H and O–H groups in total. The molecule has 2 aromatic rings. The highest BCUT2D eigenvalue weighted by Crippen LogP contribution is 2.29. The molecule has 0 saturated heterocycles. The van der Waals surface area contributed by atoms with Crippen LogP contribution in [0.25, 0.3) is 0 Å². The van der Waals surface area contributed by atoms with Crippen LogP contribution in [-0.2, 0) is 21.1 Å². The van der Waals surface area contributed by atoms with Crippen LogP contribution < -0.4 is 20.5 Å². The third-order valence-corrected chi connectivity index (χ3v) is 5.74. The molecule has 28 heavy (non-hydrogen) atoms. The Morgan fingerprint density at radius 3 is 2.29 bits per heavy atom. The highest BCUT2D eigenvalue weighted by atomic mass is 35.5. The van der Waals surface area contributed by atoms with Crippen molar-refractivity contribution in [1.29, 1.82) is 0 Å². The Bertz CT molecular complexity index is 886. The molecule has 0 unspecified atom stereocenters. The Hall–Kier alpha value is -2.45. The summed E-state index contributed by atoms with van der Waals surface area (Å²) in [5, 5.41) is 2.73. The van der Waals surface area contributed by atoms with Crippen molar-refractivity contribution in [2.45, 2.75) is 17.7 Å². The summed E-state index contributed by atoms with van der Waals surface area (Å²) in [6.45, 7) is 0.430. The number of carbonyl (C=O) groups is 1. The first-order valence-corrected chi connectivity index (χ1v) is 10.1. The number of sulfone groups is 1. The minimum Gasteiger partial charge on any atom is -0.493 e. The zero-order chi connectivity index (χ0) is 19.9. The number of anilines is 1. The molecular formula is C19H25ClN2O5S. The molecule has 9 heteroatoms. The number of nitrogens with two attached hydrogens (primary N) is 1. The van der Waals surface area contributed by atoms with Crippen LogP contribution in [0.15, 0.2) is 47.4 Å². The van der Waals surface area contributed by atoms with Crippen molar-refractivity contribution in [3.05, 3.63) is 48.0 Å². The number of hydrogen-bond acceptors (Lipinski definition) is 6. The maximum atomic E-state index is 12.4. The second-order valence-electron chi connectivity index (χ2n) is 5.93. The van der Waals surface area contributed by atoms with Gasteiger partial charge in [-0.05, 0) is 36.2 Å². The second-order valence-corrected chi connectivity index (χ2v) is 8.04. The molecule has 0 aliphatic heterocycles. The largest absolute Gasteiger partial charge is 0.493 e. The number of carbonyl (C=O) groups excluding carboxylic acids is 1. The fraction of sp³-hybridized carbons (Fsp3) is 0.316. The van der Waals surface area contributed by atoms with Crippen molar-refractivity contribution in [2.75, 3.05) is 32.3 Å². The summed E-state index contributed by atoms with van der Waals surface area (Å²) in [6.07, 6.45) is 0.535. The first-order valence-electron chi connectivity index (χ1n) is 8.41. The minimum atomic E-state index is -3.61. The smallest absolute Gasteiger partial charge is 0.221 e. The number of hydrogen-bond donors (Lipinski definition) is 2. The SMILES string of the molecule is COc1ccc(S(=O)(=O)CCC(=O)NCCc2ccc(N)cc2)cc1OC.Cl. The van der Waals surface area contributed by atoms with E-state index >= 15 is 0 Å². The van der Waals surface area contributed by atoms with Crippen molar-refractivity contribution in [1.82, 2.24) is 5.32 Å². The van der Waals surface area contributed by atoms with Gasteiger partial charge in [0.15, 0.2) is 21.3 Å². The number of nitrogen functional groups attached to an aromatic ring is 1. The normalized spacial score (nSPS) is 10.6. The number of amides is 1. The highest BCUT2D eigenvalue weighted by Gasteiger charge is 2.18. The molecule has 0 radical (unpaired) electrons. The minimum absolute atomic E-state index is 0. The lowest BCUT2D eigenvalue weighted by atomic mass is 10.1. The predicted molar refractivity (Wildman–Crippen MR) is 111 cm³/mol. The van der Waals surface area contributed by atoms with Gasteiger partial charge in [0.05, 0.1) is 24.9 Å². The van der Waals surface area contributed by atoms with Crippen molar-refractivity contribution in [3.63, 3.8) is 0 Å². The number of benzene rings is 2. The average Bonchev–Trinajstić information content (AvgIpc) is 2.67. The van der Waals surface area contributed by atoms with Crippen LogP contribution in [0.3, 0.4) is 0 Å². The molecule has 1 amide bonds. The number of rotatable bonds is 9.